The molecule has 0 aliphatic carbocycles. The number of aromatic nitrogens is 2. The Morgan fingerprint density at radius 1 is 1.36 bits per heavy atom. The Morgan fingerprint density at radius 3 is 2.68 bits per heavy atom. The number of aryl methyl sites for hydroxylation is 1. The third kappa shape index (κ3) is 2.14. The Balaban J connectivity index is 2.30. The van der Waals surface area contributed by atoms with Gasteiger partial charge < -0.3 is 14.6 Å². The van der Waals surface area contributed by atoms with Crippen LogP contribution in [0.1, 0.15) is 16.1 Å². The summed E-state index contributed by atoms with van der Waals surface area (Å²) in [5.74, 6) is -1.24. The fourth-order valence-electron chi connectivity index (χ4n) is 2.27. The average molecular weight is 314 g/mol. The van der Waals surface area contributed by atoms with Crippen LogP contribution in [0.4, 0.5) is 13.2 Å². The van der Waals surface area contributed by atoms with Crippen LogP contribution >= 0.6 is 0 Å². The number of halogens is 3. The Bertz CT molecular complexity index is 767. The lowest BCUT2D eigenvalue weighted by molar-refractivity contribution is -0.137. The maximum absolute atomic E-state index is 13.3. The Labute approximate surface area is 121 Å². The second-order valence-electron chi connectivity index (χ2n) is 4.56. The molecule has 116 valence electrons. The van der Waals surface area contributed by atoms with Gasteiger partial charge in [-0.05, 0) is 18.2 Å². The number of carbonyl (C=O) groups is 1. The normalized spacial score (nSPS) is 13.5. The number of carboxylic acid groups (broad SMARTS) is 1. The summed E-state index contributed by atoms with van der Waals surface area (Å²) in [5, 5.41) is 12.6. The third-order valence-corrected chi connectivity index (χ3v) is 3.20. The fourth-order valence-corrected chi connectivity index (χ4v) is 2.27. The van der Waals surface area contributed by atoms with Crippen molar-refractivity contribution in [2.75, 3.05) is 6.79 Å². The second kappa shape index (κ2) is 4.65. The minimum atomic E-state index is -4.63. The summed E-state index contributed by atoms with van der Waals surface area (Å²) >= 11 is 0. The predicted octanol–water partition coefficient (Wildman–Crippen LogP) is 2.53. The van der Waals surface area contributed by atoms with Crippen molar-refractivity contribution < 1.29 is 32.5 Å². The number of carboxylic acids is 1. The molecule has 0 saturated carbocycles. The van der Waals surface area contributed by atoms with E-state index in [-0.39, 0.29) is 35.2 Å². The summed E-state index contributed by atoms with van der Waals surface area (Å²) in [6, 6.07) is 3.11. The van der Waals surface area contributed by atoms with Gasteiger partial charge in [-0.1, -0.05) is 0 Å². The summed E-state index contributed by atoms with van der Waals surface area (Å²) in [7, 11) is 1.36. The van der Waals surface area contributed by atoms with Gasteiger partial charge in [0.25, 0.3) is 0 Å². The quantitative estimate of drug-likeness (QED) is 0.922. The van der Waals surface area contributed by atoms with E-state index in [0.29, 0.717) is 0 Å². The lowest BCUT2D eigenvalue weighted by atomic mass is 10.0. The molecule has 0 atom stereocenters. The predicted molar refractivity (Wildman–Crippen MR) is 66.7 cm³/mol. The maximum atomic E-state index is 13.3. The molecule has 0 fully saturated rings. The van der Waals surface area contributed by atoms with E-state index < -0.39 is 17.7 Å². The molecule has 0 saturated heterocycles. The average Bonchev–Trinajstić information content (AvgIpc) is 3.02. The van der Waals surface area contributed by atoms with Crippen LogP contribution in [0.15, 0.2) is 18.2 Å². The minimum absolute atomic E-state index is 0.0212. The van der Waals surface area contributed by atoms with Gasteiger partial charge in [0, 0.05) is 7.05 Å². The number of fused-ring (bicyclic) bond motifs is 1. The lowest BCUT2D eigenvalue weighted by Crippen LogP contribution is -2.09. The topological polar surface area (TPSA) is 73.6 Å². The highest BCUT2D eigenvalue weighted by Crippen LogP contribution is 2.48. The Morgan fingerprint density at radius 2 is 2.09 bits per heavy atom. The summed E-state index contributed by atoms with van der Waals surface area (Å²) < 4.78 is 51.1. The summed E-state index contributed by atoms with van der Waals surface area (Å²) in [6.45, 7) is -0.201. The molecule has 22 heavy (non-hydrogen) atoms. The summed E-state index contributed by atoms with van der Waals surface area (Å²) in [6.07, 6.45) is -4.63. The van der Waals surface area contributed by atoms with Crippen LogP contribution in [0, 0.1) is 0 Å². The molecule has 1 aromatic carbocycles. The highest BCUT2D eigenvalue weighted by molar-refractivity contribution is 5.88. The first kappa shape index (κ1) is 14.2. The number of rotatable bonds is 2. The smallest absolute Gasteiger partial charge is 0.417 e. The Hall–Kier alpha value is -2.71. The molecule has 0 radical (unpaired) electrons. The van der Waals surface area contributed by atoms with Crippen LogP contribution in [0.25, 0.3) is 11.3 Å². The number of benzene rings is 1. The first-order valence-electron chi connectivity index (χ1n) is 6.06. The van der Waals surface area contributed by atoms with Crippen molar-refractivity contribution in [1.29, 1.82) is 0 Å². The van der Waals surface area contributed by atoms with Crippen LogP contribution in [-0.4, -0.2) is 27.6 Å². The number of ether oxygens (including phenoxy) is 2. The minimum Gasteiger partial charge on any atom is -0.476 e. The molecule has 0 unspecified atom stereocenters. The van der Waals surface area contributed by atoms with Gasteiger partial charge in [-0.2, -0.15) is 18.3 Å². The molecule has 6 nitrogen and oxygen atoms in total. The van der Waals surface area contributed by atoms with Crippen LogP contribution in [0.5, 0.6) is 11.5 Å². The van der Waals surface area contributed by atoms with Crippen LogP contribution in [0.3, 0.4) is 0 Å². The molecule has 0 bridgehead atoms. The second-order valence-corrected chi connectivity index (χ2v) is 4.56. The third-order valence-electron chi connectivity index (χ3n) is 3.20. The van der Waals surface area contributed by atoms with E-state index in [0.717, 1.165) is 16.8 Å². The van der Waals surface area contributed by atoms with E-state index in [9.17, 15) is 18.0 Å². The zero-order valence-corrected chi connectivity index (χ0v) is 11.1. The van der Waals surface area contributed by atoms with Crippen molar-refractivity contribution in [3.05, 3.63) is 29.5 Å². The number of nitrogens with zero attached hydrogens (tertiary/aromatic N) is 2. The van der Waals surface area contributed by atoms with Gasteiger partial charge in [0.1, 0.15) is 0 Å². The van der Waals surface area contributed by atoms with Gasteiger partial charge in [0.2, 0.25) is 6.79 Å². The molecule has 1 N–H and O–H groups in total. The molecule has 1 aliphatic heterocycles. The molecule has 9 heteroatoms. The van der Waals surface area contributed by atoms with Crippen molar-refractivity contribution in [1.82, 2.24) is 9.78 Å². The highest BCUT2D eigenvalue weighted by atomic mass is 19.4. The molecular formula is C13H9F3N2O4. The first-order valence-corrected chi connectivity index (χ1v) is 6.06. The molecule has 2 heterocycles. The largest absolute Gasteiger partial charge is 0.476 e. The highest BCUT2D eigenvalue weighted by Gasteiger charge is 2.38. The van der Waals surface area contributed by atoms with Crippen molar-refractivity contribution in [3.8, 4) is 22.8 Å². The molecule has 0 spiro atoms. The van der Waals surface area contributed by atoms with E-state index in [4.69, 9.17) is 14.6 Å². The summed E-state index contributed by atoms with van der Waals surface area (Å²) in [4.78, 5) is 11.0. The van der Waals surface area contributed by atoms with E-state index in [1.54, 1.807) is 0 Å². The molecular weight excluding hydrogens is 305 g/mol. The molecule has 1 aliphatic rings. The van der Waals surface area contributed by atoms with Gasteiger partial charge >= 0.3 is 12.1 Å². The fraction of sp³-hybridized carbons (Fsp3) is 0.231. The zero-order valence-electron chi connectivity index (χ0n) is 11.1. The molecule has 1 aromatic heterocycles. The monoisotopic (exact) mass is 314 g/mol. The van der Waals surface area contributed by atoms with Crippen LogP contribution in [0.2, 0.25) is 0 Å². The van der Waals surface area contributed by atoms with Crippen molar-refractivity contribution in [3.63, 3.8) is 0 Å². The van der Waals surface area contributed by atoms with Crippen molar-refractivity contribution >= 4 is 5.97 Å². The van der Waals surface area contributed by atoms with Crippen LogP contribution in [-0.2, 0) is 13.2 Å². The van der Waals surface area contributed by atoms with Gasteiger partial charge in [-0.25, -0.2) is 4.79 Å². The standard InChI is InChI=1S/C13H9F3N2O4/c1-18-8(4-7(17-18)12(19)20)10-6(13(14,15)16)2-3-9-11(10)22-5-21-9/h2-4H,5H2,1H3,(H,19,20). The lowest BCUT2D eigenvalue weighted by Gasteiger charge is -2.14. The van der Waals surface area contributed by atoms with Crippen molar-refractivity contribution in [2.45, 2.75) is 6.18 Å². The maximum Gasteiger partial charge on any atom is 0.417 e. The Kier molecular flexibility index (Phi) is 3.01. The number of alkyl halides is 3. The number of aromatic carboxylic acids is 1. The number of hydrogen-bond donors (Lipinski definition) is 1. The van der Waals surface area contributed by atoms with E-state index in [1.807, 2.05) is 0 Å². The van der Waals surface area contributed by atoms with Gasteiger partial charge in [0.15, 0.2) is 17.2 Å². The van der Waals surface area contributed by atoms with Crippen LogP contribution < -0.4 is 9.47 Å². The first-order chi connectivity index (χ1) is 10.3. The SMILES string of the molecule is Cn1nc(C(=O)O)cc1-c1c(C(F)(F)F)ccc2c1OCO2. The van der Waals surface area contributed by atoms with E-state index >= 15 is 0 Å². The van der Waals surface area contributed by atoms with E-state index in [1.165, 1.54) is 13.1 Å². The van der Waals surface area contributed by atoms with Crippen molar-refractivity contribution in [2.24, 2.45) is 7.05 Å². The zero-order chi connectivity index (χ0) is 16.1. The molecule has 2 aromatic rings. The van der Waals surface area contributed by atoms with Gasteiger partial charge in [-0.15, -0.1) is 0 Å². The van der Waals surface area contributed by atoms with Gasteiger partial charge in [-0.3, -0.25) is 4.68 Å². The van der Waals surface area contributed by atoms with E-state index in [2.05, 4.69) is 5.10 Å². The number of hydrogen-bond acceptors (Lipinski definition) is 4. The molecule has 0 amide bonds. The van der Waals surface area contributed by atoms with Gasteiger partial charge in [0.05, 0.1) is 16.8 Å². The molecule has 3 rings (SSSR count). The summed E-state index contributed by atoms with van der Waals surface area (Å²) in [5.41, 5.74) is -1.61.